The van der Waals surface area contributed by atoms with Crippen LogP contribution in [-0.4, -0.2) is 11.0 Å². The fraction of sp³-hybridized carbons (Fsp3) is 0.167. The first kappa shape index (κ1) is 17.7. The van der Waals surface area contributed by atoms with Gasteiger partial charge in [0.2, 0.25) is 0 Å². The number of halogens is 3. The molecule has 0 radical (unpaired) electrons. The summed E-state index contributed by atoms with van der Waals surface area (Å²) in [6.07, 6.45) is 3.96. The van der Waals surface area contributed by atoms with Crippen molar-refractivity contribution in [3.63, 3.8) is 0 Å². The number of para-hydroxylation sites is 1. The van der Waals surface area contributed by atoms with E-state index < -0.39 is 0 Å². The molecule has 0 aliphatic heterocycles. The number of hydrogen-bond acceptors (Lipinski definition) is 2. The van der Waals surface area contributed by atoms with Crippen molar-refractivity contribution in [3.05, 3.63) is 61.6 Å². The highest BCUT2D eigenvalue weighted by atomic mass is 79.9. The standard InChI is InChI=1S/C18H14Br3NO2/c19-12-8-14(20)18(15(21)9-12)24-17(23)7-3-4-11-10-22-16-6-2-1-5-13(11)16/h1-2,5-6,8-10,22H,3-4,7H2. The molecule has 1 N–H and O–H groups in total. The molecule has 0 spiro atoms. The predicted octanol–water partition coefficient (Wildman–Crippen LogP) is 6.38. The van der Waals surface area contributed by atoms with Crippen molar-refractivity contribution in [2.45, 2.75) is 19.3 Å². The highest BCUT2D eigenvalue weighted by molar-refractivity contribution is 9.11. The minimum atomic E-state index is -0.237. The van der Waals surface area contributed by atoms with E-state index in [4.69, 9.17) is 4.74 Å². The van der Waals surface area contributed by atoms with Crippen LogP contribution in [0, 0.1) is 0 Å². The molecule has 0 atom stereocenters. The third-order valence-corrected chi connectivity index (χ3v) is 5.32. The number of H-pyrrole nitrogens is 1. The molecule has 3 rings (SSSR count). The Kier molecular flexibility index (Phi) is 5.79. The van der Waals surface area contributed by atoms with Gasteiger partial charge in [-0.25, -0.2) is 0 Å². The molecule has 0 fully saturated rings. The van der Waals surface area contributed by atoms with Crippen LogP contribution in [0.4, 0.5) is 0 Å². The van der Waals surface area contributed by atoms with Crippen LogP contribution in [0.3, 0.4) is 0 Å². The zero-order chi connectivity index (χ0) is 17.1. The van der Waals surface area contributed by atoms with Gasteiger partial charge in [0, 0.05) is 28.0 Å². The van der Waals surface area contributed by atoms with Crippen LogP contribution < -0.4 is 4.74 Å². The van der Waals surface area contributed by atoms with Gasteiger partial charge in [-0.05, 0) is 68.5 Å². The average Bonchev–Trinajstić information content (AvgIpc) is 2.94. The third-order valence-electron chi connectivity index (χ3n) is 3.68. The number of esters is 1. The minimum Gasteiger partial charge on any atom is -0.424 e. The molecule has 0 bridgehead atoms. The van der Waals surface area contributed by atoms with Crippen LogP contribution in [0.15, 0.2) is 56.0 Å². The summed E-state index contributed by atoms with van der Waals surface area (Å²) < 4.78 is 7.84. The summed E-state index contributed by atoms with van der Waals surface area (Å²) in [5.74, 6) is 0.272. The average molecular weight is 516 g/mol. The maximum atomic E-state index is 12.1. The summed E-state index contributed by atoms with van der Waals surface area (Å²) in [6, 6.07) is 11.9. The highest BCUT2D eigenvalue weighted by Crippen LogP contribution is 2.36. The van der Waals surface area contributed by atoms with Crippen molar-refractivity contribution in [3.8, 4) is 5.75 Å². The summed E-state index contributed by atoms with van der Waals surface area (Å²) in [7, 11) is 0. The Labute approximate surface area is 165 Å². The SMILES string of the molecule is O=C(CCCc1c[nH]c2ccccc12)Oc1c(Br)cc(Br)cc1Br. The second kappa shape index (κ2) is 7.85. The fourth-order valence-corrected chi connectivity index (χ4v) is 4.97. The van der Waals surface area contributed by atoms with E-state index in [9.17, 15) is 4.79 Å². The molecular formula is C18H14Br3NO2. The summed E-state index contributed by atoms with van der Waals surface area (Å²) in [4.78, 5) is 15.4. The summed E-state index contributed by atoms with van der Waals surface area (Å²) in [5.41, 5.74) is 2.35. The molecule has 0 saturated heterocycles. The Balaban J connectivity index is 1.58. The Morgan fingerprint density at radius 3 is 2.54 bits per heavy atom. The van der Waals surface area contributed by atoms with Crippen LogP contribution >= 0.6 is 47.8 Å². The molecule has 24 heavy (non-hydrogen) atoms. The Morgan fingerprint density at radius 1 is 1.08 bits per heavy atom. The van der Waals surface area contributed by atoms with Crippen molar-refractivity contribution < 1.29 is 9.53 Å². The van der Waals surface area contributed by atoms with Crippen LogP contribution in [-0.2, 0) is 11.2 Å². The van der Waals surface area contributed by atoms with E-state index in [1.54, 1.807) is 0 Å². The van der Waals surface area contributed by atoms with Gasteiger partial charge in [0.05, 0.1) is 8.95 Å². The van der Waals surface area contributed by atoms with Crippen molar-refractivity contribution in [1.29, 1.82) is 0 Å². The van der Waals surface area contributed by atoms with Crippen molar-refractivity contribution >= 4 is 64.7 Å². The van der Waals surface area contributed by atoms with Gasteiger partial charge in [0.1, 0.15) is 0 Å². The van der Waals surface area contributed by atoms with Gasteiger partial charge in [-0.15, -0.1) is 0 Å². The molecular weight excluding hydrogens is 502 g/mol. The number of aryl methyl sites for hydroxylation is 1. The van der Waals surface area contributed by atoms with Gasteiger partial charge >= 0.3 is 5.97 Å². The second-order valence-electron chi connectivity index (χ2n) is 5.39. The smallest absolute Gasteiger partial charge is 0.311 e. The largest absolute Gasteiger partial charge is 0.424 e. The first-order valence-electron chi connectivity index (χ1n) is 7.45. The normalized spacial score (nSPS) is 11.0. The number of nitrogens with one attached hydrogen (secondary N) is 1. The number of fused-ring (bicyclic) bond motifs is 1. The van der Waals surface area contributed by atoms with Gasteiger partial charge < -0.3 is 9.72 Å². The minimum absolute atomic E-state index is 0.237. The lowest BCUT2D eigenvalue weighted by molar-refractivity contribution is -0.134. The number of ether oxygens (including phenoxy) is 1. The van der Waals surface area contributed by atoms with E-state index in [1.807, 2.05) is 30.5 Å². The number of carbonyl (C=O) groups is 1. The molecule has 0 saturated carbocycles. The number of benzene rings is 2. The van der Waals surface area contributed by atoms with Gasteiger partial charge in [0.15, 0.2) is 5.75 Å². The number of aromatic nitrogens is 1. The van der Waals surface area contributed by atoms with Gasteiger partial charge in [-0.1, -0.05) is 34.1 Å². The molecule has 0 aliphatic carbocycles. The molecule has 124 valence electrons. The summed E-state index contributed by atoms with van der Waals surface area (Å²) >= 11 is 10.2. The lowest BCUT2D eigenvalue weighted by atomic mass is 10.1. The second-order valence-corrected chi connectivity index (χ2v) is 8.01. The lowest BCUT2D eigenvalue weighted by Gasteiger charge is -2.09. The molecule has 3 nitrogen and oxygen atoms in total. The fourth-order valence-electron chi connectivity index (χ4n) is 2.55. The first-order valence-corrected chi connectivity index (χ1v) is 9.82. The highest BCUT2D eigenvalue weighted by Gasteiger charge is 2.13. The predicted molar refractivity (Wildman–Crippen MR) is 106 cm³/mol. The molecule has 0 unspecified atom stereocenters. The van der Waals surface area contributed by atoms with Crippen LogP contribution in [0.25, 0.3) is 10.9 Å². The number of carbonyl (C=O) groups excluding carboxylic acids is 1. The van der Waals surface area contributed by atoms with E-state index in [1.165, 1.54) is 10.9 Å². The summed E-state index contributed by atoms with van der Waals surface area (Å²) in [6.45, 7) is 0. The lowest BCUT2D eigenvalue weighted by Crippen LogP contribution is -2.09. The molecule has 1 aromatic heterocycles. The van der Waals surface area contributed by atoms with E-state index in [0.717, 1.165) is 31.8 Å². The van der Waals surface area contributed by atoms with E-state index in [0.29, 0.717) is 12.2 Å². The molecule has 0 aliphatic rings. The molecule has 1 heterocycles. The quantitative estimate of drug-likeness (QED) is 0.316. The zero-order valence-corrected chi connectivity index (χ0v) is 17.4. The zero-order valence-electron chi connectivity index (χ0n) is 12.6. The Morgan fingerprint density at radius 2 is 1.79 bits per heavy atom. The third kappa shape index (κ3) is 4.10. The number of aromatic amines is 1. The van der Waals surface area contributed by atoms with Crippen LogP contribution in [0.2, 0.25) is 0 Å². The Hall–Kier alpha value is -1.11. The van der Waals surface area contributed by atoms with Gasteiger partial charge in [-0.3, -0.25) is 4.79 Å². The topological polar surface area (TPSA) is 42.1 Å². The maximum absolute atomic E-state index is 12.1. The van der Waals surface area contributed by atoms with Gasteiger partial charge in [-0.2, -0.15) is 0 Å². The number of hydrogen-bond donors (Lipinski definition) is 1. The number of rotatable bonds is 5. The van der Waals surface area contributed by atoms with E-state index in [-0.39, 0.29) is 5.97 Å². The van der Waals surface area contributed by atoms with Crippen molar-refractivity contribution in [2.24, 2.45) is 0 Å². The Bertz CT molecular complexity index is 866. The van der Waals surface area contributed by atoms with E-state index in [2.05, 4.69) is 64.9 Å². The molecule has 3 aromatic rings. The van der Waals surface area contributed by atoms with Crippen LogP contribution in [0.5, 0.6) is 5.75 Å². The van der Waals surface area contributed by atoms with Gasteiger partial charge in [0.25, 0.3) is 0 Å². The van der Waals surface area contributed by atoms with E-state index >= 15 is 0 Å². The van der Waals surface area contributed by atoms with Crippen molar-refractivity contribution in [2.75, 3.05) is 0 Å². The van der Waals surface area contributed by atoms with Crippen LogP contribution in [0.1, 0.15) is 18.4 Å². The molecule has 2 aromatic carbocycles. The monoisotopic (exact) mass is 513 g/mol. The molecule has 0 amide bonds. The first-order chi connectivity index (χ1) is 11.5. The maximum Gasteiger partial charge on any atom is 0.311 e. The molecule has 6 heteroatoms. The van der Waals surface area contributed by atoms with Crippen molar-refractivity contribution in [1.82, 2.24) is 4.98 Å². The summed E-state index contributed by atoms with van der Waals surface area (Å²) in [5, 5.41) is 1.21.